The molecule has 0 aromatic heterocycles. The van der Waals surface area contributed by atoms with Crippen LogP contribution in [0.15, 0.2) is 18.2 Å². The van der Waals surface area contributed by atoms with Gasteiger partial charge in [0, 0.05) is 18.0 Å². The Labute approximate surface area is 119 Å². The number of hydrogen-bond acceptors (Lipinski definition) is 3. The molecule has 1 fully saturated rings. The first-order valence-electron chi connectivity index (χ1n) is 7.15. The highest BCUT2D eigenvalue weighted by molar-refractivity contribution is 5.81. The molecule has 108 valence electrons. The van der Waals surface area contributed by atoms with Crippen molar-refractivity contribution in [1.82, 2.24) is 4.90 Å². The summed E-state index contributed by atoms with van der Waals surface area (Å²) in [5, 5.41) is 0. The Bertz CT molecular complexity index is 529. The number of ether oxygens (including phenoxy) is 2. The van der Waals surface area contributed by atoms with Crippen LogP contribution in [0.1, 0.15) is 39.2 Å². The second kappa shape index (κ2) is 4.69. The summed E-state index contributed by atoms with van der Waals surface area (Å²) in [6.45, 7) is 7.15. The number of benzene rings is 1. The number of amides is 1. The molecule has 0 radical (unpaired) electrons. The van der Waals surface area contributed by atoms with E-state index in [1.54, 1.807) is 0 Å². The largest absolute Gasteiger partial charge is 0.454 e. The van der Waals surface area contributed by atoms with Crippen LogP contribution in [0.3, 0.4) is 0 Å². The van der Waals surface area contributed by atoms with Gasteiger partial charge in [-0.25, -0.2) is 0 Å². The fourth-order valence-corrected chi connectivity index (χ4v) is 2.42. The van der Waals surface area contributed by atoms with Crippen molar-refractivity contribution >= 4 is 5.91 Å². The quantitative estimate of drug-likeness (QED) is 0.851. The molecule has 1 aliphatic heterocycles. The summed E-state index contributed by atoms with van der Waals surface area (Å²) < 4.78 is 10.7. The normalized spacial score (nSPS) is 17.1. The van der Waals surface area contributed by atoms with E-state index < -0.39 is 0 Å². The first-order chi connectivity index (χ1) is 9.45. The number of carbonyl (C=O) groups is 1. The van der Waals surface area contributed by atoms with E-state index in [0.717, 1.165) is 29.9 Å². The van der Waals surface area contributed by atoms with Crippen molar-refractivity contribution in [2.75, 3.05) is 6.79 Å². The fourth-order valence-electron chi connectivity index (χ4n) is 2.42. The van der Waals surface area contributed by atoms with Crippen molar-refractivity contribution in [3.63, 3.8) is 0 Å². The van der Waals surface area contributed by atoms with Crippen LogP contribution in [0.2, 0.25) is 0 Å². The van der Waals surface area contributed by atoms with Crippen LogP contribution >= 0.6 is 0 Å². The third-order valence-electron chi connectivity index (χ3n) is 3.78. The summed E-state index contributed by atoms with van der Waals surface area (Å²) in [5.74, 6) is 2.07. The van der Waals surface area contributed by atoms with Crippen molar-refractivity contribution in [1.29, 1.82) is 0 Å². The molecule has 20 heavy (non-hydrogen) atoms. The predicted molar refractivity (Wildman–Crippen MR) is 75.6 cm³/mol. The molecule has 4 nitrogen and oxygen atoms in total. The van der Waals surface area contributed by atoms with E-state index in [1.807, 2.05) is 23.1 Å². The summed E-state index contributed by atoms with van der Waals surface area (Å²) in [5.41, 5.74) is 0.911. The molecule has 0 spiro atoms. The Morgan fingerprint density at radius 2 is 1.95 bits per heavy atom. The summed E-state index contributed by atoms with van der Waals surface area (Å²) in [6.07, 6.45) is 2.07. The molecular formula is C16H21NO3. The molecule has 0 bridgehead atoms. The van der Waals surface area contributed by atoms with Gasteiger partial charge in [-0.3, -0.25) is 4.79 Å². The van der Waals surface area contributed by atoms with E-state index in [4.69, 9.17) is 9.47 Å². The van der Waals surface area contributed by atoms with Gasteiger partial charge in [0.15, 0.2) is 11.5 Å². The van der Waals surface area contributed by atoms with Crippen LogP contribution in [0, 0.1) is 5.92 Å². The number of fused-ring (bicyclic) bond motifs is 1. The van der Waals surface area contributed by atoms with E-state index in [2.05, 4.69) is 20.8 Å². The third-order valence-corrected chi connectivity index (χ3v) is 3.78. The average molecular weight is 275 g/mol. The molecule has 1 heterocycles. The molecule has 4 heteroatoms. The molecule has 0 N–H and O–H groups in total. The van der Waals surface area contributed by atoms with Crippen LogP contribution in [0.5, 0.6) is 11.5 Å². The Hall–Kier alpha value is -1.71. The SMILES string of the molecule is CC(C)(C)N(Cc1ccc2c(c1)OCO2)C(=O)C1CC1. The topological polar surface area (TPSA) is 38.8 Å². The lowest BCUT2D eigenvalue weighted by Gasteiger charge is -2.36. The van der Waals surface area contributed by atoms with Crippen LogP contribution in [-0.2, 0) is 11.3 Å². The zero-order chi connectivity index (χ0) is 14.3. The summed E-state index contributed by atoms with van der Waals surface area (Å²) in [4.78, 5) is 14.4. The lowest BCUT2D eigenvalue weighted by molar-refractivity contribution is -0.138. The zero-order valence-corrected chi connectivity index (χ0v) is 12.3. The molecule has 1 aromatic carbocycles. The van der Waals surface area contributed by atoms with E-state index in [-0.39, 0.29) is 24.2 Å². The Kier molecular flexibility index (Phi) is 3.11. The van der Waals surface area contributed by atoms with Crippen molar-refractivity contribution in [2.24, 2.45) is 5.92 Å². The highest BCUT2D eigenvalue weighted by Crippen LogP contribution is 2.36. The molecule has 1 aromatic rings. The van der Waals surface area contributed by atoms with E-state index in [0.29, 0.717) is 6.54 Å². The molecule has 2 aliphatic rings. The van der Waals surface area contributed by atoms with Crippen LogP contribution in [0.25, 0.3) is 0 Å². The predicted octanol–water partition coefficient (Wildman–Crippen LogP) is 2.95. The molecule has 0 saturated heterocycles. The Morgan fingerprint density at radius 1 is 1.25 bits per heavy atom. The van der Waals surface area contributed by atoms with Crippen LogP contribution in [-0.4, -0.2) is 23.1 Å². The molecule has 3 rings (SSSR count). The first kappa shape index (κ1) is 13.3. The minimum absolute atomic E-state index is 0.171. The van der Waals surface area contributed by atoms with Gasteiger partial charge < -0.3 is 14.4 Å². The molecule has 1 amide bonds. The van der Waals surface area contributed by atoms with Crippen molar-refractivity contribution < 1.29 is 14.3 Å². The zero-order valence-electron chi connectivity index (χ0n) is 12.3. The molecule has 1 saturated carbocycles. The minimum atomic E-state index is -0.171. The summed E-state index contributed by atoms with van der Waals surface area (Å²) in [6, 6.07) is 5.90. The molecule has 1 aliphatic carbocycles. The smallest absolute Gasteiger partial charge is 0.231 e. The van der Waals surface area contributed by atoms with Crippen molar-refractivity contribution in [3.05, 3.63) is 23.8 Å². The standard InChI is InChI=1S/C16H21NO3/c1-16(2,3)17(15(18)12-5-6-12)9-11-4-7-13-14(8-11)20-10-19-13/h4,7-8,12H,5-6,9-10H2,1-3H3. The fraction of sp³-hybridized carbons (Fsp3) is 0.562. The number of nitrogens with zero attached hydrogens (tertiary/aromatic N) is 1. The summed E-state index contributed by atoms with van der Waals surface area (Å²) in [7, 11) is 0. The first-order valence-corrected chi connectivity index (χ1v) is 7.15. The van der Waals surface area contributed by atoms with Gasteiger partial charge in [-0.15, -0.1) is 0 Å². The second-order valence-electron chi connectivity index (χ2n) is 6.56. The van der Waals surface area contributed by atoms with Gasteiger partial charge in [0.05, 0.1) is 0 Å². The lowest BCUT2D eigenvalue weighted by Crippen LogP contribution is -2.45. The average Bonchev–Trinajstić information content (AvgIpc) is 3.12. The van der Waals surface area contributed by atoms with E-state index >= 15 is 0 Å². The molecule has 0 unspecified atom stereocenters. The maximum absolute atomic E-state index is 12.5. The van der Waals surface area contributed by atoms with Gasteiger partial charge in [-0.2, -0.15) is 0 Å². The maximum Gasteiger partial charge on any atom is 0.231 e. The van der Waals surface area contributed by atoms with Gasteiger partial charge in [0.25, 0.3) is 0 Å². The Morgan fingerprint density at radius 3 is 2.60 bits per heavy atom. The molecular weight excluding hydrogens is 254 g/mol. The number of carbonyl (C=O) groups excluding carboxylic acids is 1. The van der Waals surface area contributed by atoms with Crippen molar-refractivity contribution in [3.8, 4) is 11.5 Å². The second-order valence-corrected chi connectivity index (χ2v) is 6.56. The minimum Gasteiger partial charge on any atom is -0.454 e. The molecule has 0 atom stereocenters. The maximum atomic E-state index is 12.5. The van der Waals surface area contributed by atoms with Gasteiger partial charge in [-0.05, 0) is 51.3 Å². The van der Waals surface area contributed by atoms with Crippen molar-refractivity contribution in [2.45, 2.75) is 45.7 Å². The van der Waals surface area contributed by atoms with Gasteiger partial charge in [-0.1, -0.05) is 6.07 Å². The third kappa shape index (κ3) is 2.60. The van der Waals surface area contributed by atoms with Crippen LogP contribution in [0.4, 0.5) is 0 Å². The monoisotopic (exact) mass is 275 g/mol. The number of hydrogen-bond donors (Lipinski definition) is 0. The van der Waals surface area contributed by atoms with Gasteiger partial charge in [0.1, 0.15) is 0 Å². The van der Waals surface area contributed by atoms with E-state index in [1.165, 1.54) is 0 Å². The Balaban J connectivity index is 1.80. The van der Waals surface area contributed by atoms with Gasteiger partial charge >= 0.3 is 0 Å². The lowest BCUT2D eigenvalue weighted by atomic mass is 10.0. The highest BCUT2D eigenvalue weighted by Gasteiger charge is 2.37. The number of rotatable bonds is 3. The summed E-state index contributed by atoms with van der Waals surface area (Å²) >= 11 is 0. The van der Waals surface area contributed by atoms with Crippen LogP contribution < -0.4 is 9.47 Å². The van der Waals surface area contributed by atoms with Gasteiger partial charge in [0.2, 0.25) is 12.7 Å². The van der Waals surface area contributed by atoms with E-state index in [9.17, 15) is 4.79 Å². The highest BCUT2D eigenvalue weighted by atomic mass is 16.7.